The lowest BCUT2D eigenvalue weighted by atomic mass is 10.0. The zero-order valence-electron chi connectivity index (χ0n) is 33.2. The summed E-state index contributed by atoms with van der Waals surface area (Å²) in [5.74, 6) is 0. The van der Waals surface area contributed by atoms with Crippen molar-refractivity contribution >= 4 is 87.2 Å². The largest absolute Gasteiger partial charge is 0.309 e. The quantitative estimate of drug-likeness (QED) is 0.178. The minimum absolute atomic E-state index is 0.316. The van der Waals surface area contributed by atoms with Crippen LogP contribution in [-0.4, -0.2) is 18.3 Å². The van der Waals surface area contributed by atoms with E-state index in [0.717, 1.165) is 88.1 Å². The number of nitrogens with zero attached hydrogens (tertiary/aromatic N) is 6. The molecule has 62 heavy (non-hydrogen) atoms. The number of rotatable bonds is 4. The first kappa shape index (κ1) is 34.1. The Kier molecular flexibility index (Phi) is 7.05. The molecule has 0 saturated heterocycles. The first-order valence-corrected chi connectivity index (χ1v) is 20.7. The molecule has 4 aromatic heterocycles. The molecule has 0 bridgehead atoms. The molecule has 13 rings (SSSR count). The summed E-state index contributed by atoms with van der Waals surface area (Å²) in [6.07, 6.45) is 0. The van der Waals surface area contributed by atoms with Crippen molar-refractivity contribution in [1.82, 2.24) is 18.3 Å². The third-order valence-corrected chi connectivity index (χ3v) is 12.8. The Balaban J connectivity index is 1.16. The average Bonchev–Trinajstić information content (AvgIpc) is 4.06. The molecular weight excluding hydrogens is 757 g/mol. The van der Waals surface area contributed by atoms with Gasteiger partial charge in [0.15, 0.2) is 0 Å². The van der Waals surface area contributed by atoms with Gasteiger partial charge in [-0.3, -0.25) is 0 Å². The monoisotopic (exact) mass is 788 g/mol. The second kappa shape index (κ2) is 12.8. The van der Waals surface area contributed by atoms with Crippen molar-refractivity contribution in [2.75, 3.05) is 0 Å². The highest BCUT2D eigenvalue weighted by molar-refractivity contribution is 6.27. The molecule has 0 amide bonds. The van der Waals surface area contributed by atoms with Gasteiger partial charge in [0.2, 0.25) is 0 Å². The molecule has 0 aliphatic heterocycles. The number of hydrogen-bond acceptors (Lipinski definition) is 2. The molecule has 0 N–H and O–H groups in total. The fourth-order valence-corrected chi connectivity index (χ4v) is 10.4. The summed E-state index contributed by atoms with van der Waals surface area (Å²) in [7, 11) is 0. The van der Waals surface area contributed by atoms with Crippen molar-refractivity contribution in [3.8, 4) is 34.9 Å². The Bertz CT molecular complexity index is 4110. The second-order valence-corrected chi connectivity index (χ2v) is 15.9. The van der Waals surface area contributed by atoms with Crippen LogP contribution in [0.15, 0.2) is 194 Å². The predicted molar refractivity (Wildman–Crippen MR) is 253 cm³/mol. The molecule has 0 saturated carbocycles. The van der Waals surface area contributed by atoms with Gasteiger partial charge < -0.3 is 18.3 Å². The van der Waals surface area contributed by atoms with Crippen LogP contribution in [0, 0.1) is 22.7 Å². The lowest BCUT2D eigenvalue weighted by Gasteiger charge is -2.16. The number of fused-ring (bicyclic) bond motifs is 14. The third kappa shape index (κ3) is 4.50. The average molecular weight is 789 g/mol. The standard InChI is InChI=1S/C56H32N6/c57-33-35-31-38(59-48-25-13-9-21-43(48)53-50(59)29-27-41-39-19-7-11-23-46(39)60(55(41)53)36-15-3-1-4-16-36)32-52(45(35)34-58)62-49-26-14-10-22-44(49)54-51(62)30-28-42-40-20-8-12-24-47(40)61(56(42)54)37-17-5-2-6-18-37/h1-32H. The van der Waals surface area contributed by atoms with Gasteiger partial charge in [-0.2, -0.15) is 10.5 Å². The Morgan fingerprint density at radius 3 is 1.21 bits per heavy atom. The van der Waals surface area contributed by atoms with Crippen LogP contribution in [0.4, 0.5) is 0 Å². The number of hydrogen-bond donors (Lipinski definition) is 0. The van der Waals surface area contributed by atoms with Crippen LogP contribution in [0.2, 0.25) is 0 Å². The van der Waals surface area contributed by atoms with Crippen molar-refractivity contribution in [2.45, 2.75) is 0 Å². The van der Waals surface area contributed by atoms with Crippen LogP contribution in [-0.2, 0) is 0 Å². The summed E-state index contributed by atoms with van der Waals surface area (Å²) in [5, 5.41) is 30.9. The van der Waals surface area contributed by atoms with E-state index in [4.69, 9.17) is 0 Å². The summed E-state index contributed by atoms with van der Waals surface area (Å²) in [4.78, 5) is 0. The van der Waals surface area contributed by atoms with E-state index in [-0.39, 0.29) is 0 Å². The van der Waals surface area contributed by atoms with E-state index in [9.17, 15) is 10.5 Å². The Morgan fingerprint density at radius 2 is 0.726 bits per heavy atom. The van der Waals surface area contributed by atoms with Crippen LogP contribution in [0.3, 0.4) is 0 Å². The minimum Gasteiger partial charge on any atom is -0.309 e. The maximum absolute atomic E-state index is 11.0. The fraction of sp³-hybridized carbons (Fsp3) is 0. The number of benzene rings is 9. The molecule has 286 valence electrons. The van der Waals surface area contributed by atoms with Gasteiger partial charge in [0.05, 0.1) is 60.9 Å². The molecule has 0 radical (unpaired) electrons. The van der Waals surface area contributed by atoms with Crippen LogP contribution in [0.25, 0.3) is 110 Å². The van der Waals surface area contributed by atoms with Crippen molar-refractivity contribution in [3.05, 3.63) is 205 Å². The molecule has 13 aromatic rings. The topological polar surface area (TPSA) is 67.3 Å². The zero-order chi connectivity index (χ0) is 41.1. The molecule has 0 fully saturated rings. The predicted octanol–water partition coefficient (Wildman–Crippen LogP) is 13.8. The van der Waals surface area contributed by atoms with Crippen LogP contribution in [0.5, 0.6) is 0 Å². The lowest BCUT2D eigenvalue weighted by molar-refractivity contribution is 1.12. The normalized spacial score (nSPS) is 11.8. The minimum atomic E-state index is 0.316. The van der Waals surface area contributed by atoms with Crippen LogP contribution < -0.4 is 0 Å². The van der Waals surface area contributed by atoms with Crippen molar-refractivity contribution in [2.24, 2.45) is 0 Å². The van der Waals surface area contributed by atoms with Crippen molar-refractivity contribution in [1.29, 1.82) is 10.5 Å². The van der Waals surface area contributed by atoms with Crippen LogP contribution in [0.1, 0.15) is 11.1 Å². The van der Waals surface area contributed by atoms with Gasteiger partial charge in [0, 0.05) is 60.2 Å². The van der Waals surface area contributed by atoms with Gasteiger partial charge >= 0.3 is 0 Å². The molecular formula is C56H32N6. The molecule has 4 heterocycles. The number of nitriles is 2. The maximum Gasteiger partial charge on any atom is 0.103 e. The number of para-hydroxylation sites is 6. The molecule has 0 spiro atoms. The Labute approximate surface area is 354 Å². The Morgan fingerprint density at radius 1 is 0.306 bits per heavy atom. The van der Waals surface area contributed by atoms with Gasteiger partial charge in [-0.05, 0) is 72.8 Å². The third-order valence-electron chi connectivity index (χ3n) is 12.8. The SMILES string of the molecule is N#Cc1cc(-n2c3ccccc3c3c2ccc2c4ccccc4n(-c4ccccc4)c23)cc(-n2c3ccccc3c3c2ccc2c4ccccc4n(-c4ccccc4)c23)c1C#N. The van der Waals surface area contributed by atoms with Gasteiger partial charge in [0.1, 0.15) is 12.1 Å². The first-order valence-electron chi connectivity index (χ1n) is 20.7. The summed E-state index contributed by atoms with van der Waals surface area (Å²) >= 11 is 0. The van der Waals surface area contributed by atoms with Gasteiger partial charge in [-0.25, -0.2) is 0 Å². The van der Waals surface area contributed by atoms with Gasteiger partial charge in [-0.15, -0.1) is 0 Å². The highest BCUT2D eigenvalue weighted by Crippen LogP contribution is 2.45. The molecule has 0 aliphatic rings. The van der Waals surface area contributed by atoms with E-state index in [1.807, 2.05) is 18.2 Å². The van der Waals surface area contributed by atoms with E-state index in [2.05, 4.69) is 206 Å². The summed E-state index contributed by atoms with van der Waals surface area (Å²) in [5.41, 5.74) is 12.7. The highest BCUT2D eigenvalue weighted by Gasteiger charge is 2.25. The summed E-state index contributed by atoms with van der Waals surface area (Å²) < 4.78 is 9.20. The Hall–Kier alpha value is -8.84. The lowest BCUT2D eigenvalue weighted by Crippen LogP contribution is -2.04. The van der Waals surface area contributed by atoms with Crippen molar-refractivity contribution < 1.29 is 0 Å². The molecule has 0 unspecified atom stereocenters. The molecule has 6 nitrogen and oxygen atoms in total. The van der Waals surface area contributed by atoms with E-state index in [0.29, 0.717) is 16.8 Å². The smallest absolute Gasteiger partial charge is 0.103 e. The van der Waals surface area contributed by atoms with Crippen molar-refractivity contribution in [3.63, 3.8) is 0 Å². The highest BCUT2D eigenvalue weighted by atomic mass is 15.0. The fourth-order valence-electron chi connectivity index (χ4n) is 10.4. The molecule has 0 aliphatic carbocycles. The molecule has 9 aromatic carbocycles. The van der Waals surface area contributed by atoms with E-state index in [1.165, 1.54) is 16.2 Å². The molecule has 6 heteroatoms. The van der Waals surface area contributed by atoms with Crippen LogP contribution >= 0.6 is 0 Å². The van der Waals surface area contributed by atoms with Gasteiger partial charge in [-0.1, -0.05) is 121 Å². The molecule has 0 atom stereocenters. The van der Waals surface area contributed by atoms with Gasteiger partial charge in [0.25, 0.3) is 0 Å². The first-order chi connectivity index (χ1) is 30.7. The number of aromatic nitrogens is 4. The van der Waals surface area contributed by atoms with E-state index >= 15 is 0 Å². The van der Waals surface area contributed by atoms with E-state index in [1.54, 1.807) is 0 Å². The maximum atomic E-state index is 11.0. The summed E-state index contributed by atoms with van der Waals surface area (Å²) in [6, 6.07) is 72.9. The summed E-state index contributed by atoms with van der Waals surface area (Å²) in [6.45, 7) is 0. The second-order valence-electron chi connectivity index (χ2n) is 15.9. The van der Waals surface area contributed by atoms with E-state index < -0.39 is 0 Å². The zero-order valence-corrected chi connectivity index (χ0v) is 33.2.